The fourth-order valence-corrected chi connectivity index (χ4v) is 4.61. The van der Waals surface area contributed by atoms with Crippen LogP contribution in [0, 0.1) is 6.92 Å². The molecular weight excluding hydrogens is 476 g/mol. The molecule has 7 heteroatoms. The molecule has 3 rings (SSSR count). The van der Waals surface area contributed by atoms with E-state index < -0.39 is 0 Å². The fraction of sp³-hybridized carbons (Fsp3) is 0.150. The third-order valence-electron chi connectivity index (χ3n) is 4.15. The highest BCUT2D eigenvalue weighted by molar-refractivity contribution is 9.11. The highest BCUT2D eigenvalue weighted by Gasteiger charge is 2.19. The third kappa shape index (κ3) is 4.20. The molecule has 0 saturated heterocycles. The lowest BCUT2D eigenvalue weighted by molar-refractivity contribution is 0.103. The first kappa shape index (κ1) is 19.5. The van der Waals surface area contributed by atoms with Crippen molar-refractivity contribution >= 4 is 37.6 Å². The lowest BCUT2D eigenvalue weighted by Gasteiger charge is -2.12. The molecule has 1 heterocycles. The van der Waals surface area contributed by atoms with Gasteiger partial charge in [-0.3, -0.25) is 9.59 Å². The number of ketones is 1. The van der Waals surface area contributed by atoms with Crippen molar-refractivity contribution in [2.45, 2.75) is 13.3 Å². The average molecular weight is 492 g/mol. The van der Waals surface area contributed by atoms with Gasteiger partial charge < -0.3 is 4.74 Å². The van der Waals surface area contributed by atoms with Crippen LogP contribution in [0.3, 0.4) is 0 Å². The number of methoxy groups -OCH3 is 1. The van der Waals surface area contributed by atoms with Crippen molar-refractivity contribution in [3.05, 3.63) is 89.7 Å². The van der Waals surface area contributed by atoms with Gasteiger partial charge in [0, 0.05) is 32.7 Å². The van der Waals surface area contributed by atoms with Gasteiger partial charge in [0.1, 0.15) is 5.75 Å². The van der Waals surface area contributed by atoms with Crippen LogP contribution in [0.1, 0.15) is 32.6 Å². The minimum atomic E-state index is -0.264. The molecule has 27 heavy (non-hydrogen) atoms. The first-order chi connectivity index (χ1) is 12.9. The summed E-state index contributed by atoms with van der Waals surface area (Å²) in [6.07, 6.45) is 1.86. The number of nitrogens with zero attached hydrogens (tertiary/aromatic N) is 1. The summed E-state index contributed by atoms with van der Waals surface area (Å²) in [5, 5.41) is 6.12. The Morgan fingerprint density at radius 2 is 1.81 bits per heavy atom. The molecule has 2 aromatic carbocycles. The van der Waals surface area contributed by atoms with Gasteiger partial charge >= 0.3 is 0 Å². The minimum absolute atomic E-state index is 0.124. The lowest BCUT2D eigenvalue weighted by Crippen LogP contribution is -2.14. The van der Waals surface area contributed by atoms with Crippen molar-refractivity contribution < 1.29 is 9.53 Å². The molecule has 0 radical (unpaired) electrons. The first-order valence-corrected chi connectivity index (χ1v) is 9.69. The Morgan fingerprint density at radius 1 is 1.11 bits per heavy atom. The Balaban J connectivity index is 2.04. The van der Waals surface area contributed by atoms with E-state index in [0.29, 0.717) is 28.9 Å². The molecule has 0 spiro atoms. The molecule has 0 aliphatic heterocycles. The molecule has 1 aromatic heterocycles. The van der Waals surface area contributed by atoms with Gasteiger partial charge in [0.25, 0.3) is 5.56 Å². The number of carbonyl (C=O) groups excluding carboxylic acids is 1. The first-order valence-electron chi connectivity index (χ1n) is 8.10. The van der Waals surface area contributed by atoms with Crippen LogP contribution in [0.15, 0.2) is 56.3 Å². The zero-order chi connectivity index (χ0) is 19.6. The van der Waals surface area contributed by atoms with E-state index in [4.69, 9.17) is 4.74 Å². The number of benzene rings is 2. The van der Waals surface area contributed by atoms with Crippen molar-refractivity contribution in [1.82, 2.24) is 10.2 Å². The van der Waals surface area contributed by atoms with Crippen molar-refractivity contribution in [3.8, 4) is 5.75 Å². The molecule has 3 aromatic rings. The second kappa shape index (κ2) is 8.19. The van der Waals surface area contributed by atoms with Crippen LogP contribution in [0.2, 0.25) is 0 Å². The average Bonchev–Trinajstić information content (AvgIpc) is 2.62. The van der Waals surface area contributed by atoms with Gasteiger partial charge in [0.15, 0.2) is 5.78 Å². The number of aromatic nitrogens is 2. The smallest absolute Gasteiger partial charge is 0.267 e. The van der Waals surface area contributed by atoms with E-state index >= 15 is 0 Å². The molecule has 0 saturated carbocycles. The minimum Gasteiger partial charge on any atom is -0.496 e. The second-order valence-corrected chi connectivity index (χ2v) is 7.76. The molecule has 0 amide bonds. The maximum atomic E-state index is 13.1. The summed E-state index contributed by atoms with van der Waals surface area (Å²) in [6, 6.07) is 10.7. The van der Waals surface area contributed by atoms with E-state index in [1.54, 1.807) is 31.4 Å². The topological polar surface area (TPSA) is 72.0 Å². The SMILES string of the molecule is COc1ccc(C(=O)c2c(Br)cc(C)cc2Br)cc1Cc1ccn[nH]c1=O. The number of ether oxygens (including phenoxy) is 1. The maximum Gasteiger partial charge on any atom is 0.267 e. The standard InChI is InChI=1S/C20H16Br2N2O3/c1-11-7-15(21)18(16(22)8-11)19(25)12-3-4-17(27-2)14(9-12)10-13-5-6-23-24-20(13)26/h3-9H,10H2,1-2H3,(H,24,26). The Labute approximate surface area is 173 Å². The molecule has 0 aliphatic rings. The number of halogens is 2. The number of nitrogens with one attached hydrogen (secondary N) is 1. The number of carbonyl (C=O) groups is 1. The summed E-state index contributed by atoms with van der Waals surface area (Å²) < 4.78 is 6.85. The zero-order valence-corrected chi connectivity index (χ0v) is 17.8. The molecule has 1 N–H and O–H groups in total. The predicted octanol–water partition coefficient (Wildman–Crippen LogP) is 4.43. The lowest BCUT2D eigenvalue weighted by atomic mass is 9.97. The van der Waals surface area contributed by atoms with Crippen molar-refractivity contribution in [2.24, 2.45) is 0 Å². The molecule has 0 aliphatic carbocycles. The van der Waals surface area contributed by atoms with Gasteiger partial charge in [0.2, 0.25) is 0 Å². The summed E-state index contributed by atoms with van der Waals surface area (Å²) in [7, 11) is 1.56. The molecule has 0 unspecified atom stereocenters. The third-order valence-corrected chi connectivity index (χ3v) is 5.40. The Morgan fingerprint density at radius 3 is 2.44 bits per heavy atom. The van der Waals surface area contributed by atoms with Crippen molar-refractivity contribution in [2.75, 3.05) is 7.11 Å². The monoisotopic (exact) mass is 490 g/mol. The Bertz CT molecular complexity index is 1050. The maximum absolute atomic E-state index is 13.1. The van der Waals surface area contributed by atoms with Crippen LogP contribution in [0.5, 0.6) is 5.75 Å². The van der Waals surface area contributed by atoms with E-state index in [9.17, 15) is 9.59 Å². The number of hydrogen-bond donors (Lipinski definition) is 1. The van der Waals surface area contributed by atoms with Crippen LogP contribution >= 0.6 is 31.9 Å². The highest BCUT2D eigenvalue weighted by Crippen LogP contribution is 2.31. The number of hydrogen-bond acceptors (Lipinski definition) is 4. The number of aryl methyl sites for hydroxylation is 1. The van der Waals surface area contributed by atoms with E-state index in [1.165, 1.54) is 6.20 Å². The van der Waals surface area contributed by atoms with E-state index in [2.05, 4.69) is 42.1 Å². The fourth-order valence-electron chi connectivity index (χ4n) is 2.83. The predicted molar refractivity (Wildman–Crippen MR) is 111 cm³/mol. The van der Waals surface area contributed by atoms with E-state index in [0.717, 1.165) is 20.1 Å². The van der Waals surface area contributed by atoms with Crippen LogP contribution in [-0.2, 0) is 6.42 Å². The summed E-state index contributed by atoms with van der Waals surface area (Å²) in [5.74, 6) is 0.492. The Hall–Kier alpha value is -2.25. The van der Waals surface area contributed by atoms with E-state index in [-0.39, 0.29) is 11.3 Å². The van der Waals surface area contributed by atoms with Crippen LogP contribution in [0.25, 0.3) is 0 Å². The number of H-pyrrole nitrogens is 1. The van der Waals surface area contributed by atoms with Gasteiger partial charge in [0.05, 0.1) is 12.7 Å². The molecule has 0 atom stereocenters. The quantitative estimate of drug-likeness (QED) is 0.536. The van der Waals surface area contributed by atoms with Crippen LogP contribution < -0.4 is 10.3 Å². The summed E-state index contributed by atoms with van der Waals surface area (Å²) in [6.45, 7) is 1.96. The number of aromatic amines is 1. The van der Waals surface area contributed by atoms with Crippen molar-refractivity contribution in [3.63, 3.8) is 0 Å². The normalized spacial score (nSPS) is 10.7. The highest BCUT2D eigenvalue weighted by atomic mass is 79.9. The Kier molecular flexibility index (Phi) is 5.92. The van der Waals surface area contributed by atoms with Gasteiger partial charge in [-0.15, -0.1) is 0 Å². The second-order valence-electron chi connectivity index (χ2n) is 6.05. The molecule has 0 bridgehead atoms. The van der Waals surface area contributed by atoms with Crippen molar-refractivity contribution in [1.29, 1.82) is 0 Å². The summed E-state index contributed by atoms with van der Waals surface area (Å²) in [4.78, 5) is 25.0. The summed E-state index contributed by atoms with van der Waals surface area (Å²) in [5.41, 5.74) is 3.14. The molecule has 0 fully saturated rings. The summed E-state index contributed by atoms with van der Waals surface area (Å²) >= 11 is 6.96. The van der Waals surface area contributed by atoms with Gasteiger partial charge in [-0.2, -0.15) is 5.10 Å². The van der Waals surface area contributed by atoms with Gasteiger partial charge in [-0.05, 0) is 86.3 Å². The van der Waals surface area contributed by atoms with Crippen LogP contribution in [-0.4, -0.2) is 23.1 Å². The van der Waals surface area contributed by atoms with Crippen LogP contribution in [0.4, 0.5) is 0 Å². The van der Waals surface area contributed by atoms with Gasteiger partial charge in [-0.1, -0.05) is 0 Å². The molecule has 5 nitrogen and oxygen atoms in total. The number of rotatable bonds is 5. The molecule has 138 valence electrons. The van der Waals surface area contributed by atoms with Gasteiger partial charge in [-0.25, -0.2) is 5.10 Å². The molecular formula is C20H16Br2N2O3. The largest absolute Gasteiger partial charge is 0.496 e. The zero-order valence-electron chi connectivity index (χ0n) is 14.7. The van der Waals surface area contributed by atoms with E-state index in [1.807, 2.05) is 19.1 Å².